The van der Waals surface area contributed by atoms with E-state index in [0.29, 0.717) is 11.9 Å². The summed E-state index contributed by atoms with van der Waals surface area (Å²) in [5.74, 6) is 0.555. The molecule has 0 saturated heterocycles. The van der Waals surface area contributed by atoms with Gasteiger partial charge in [-0.3, -0.25) is 0 Å². The first kappa shape index (κ1) is 13.7. The molecule has 1 atom stereocenters. The van der Waals surface area contributed by atoms with Crippen LogP contribution in [0.2, 0.25) is 0 Å². The van der Waals surface area contributed by atoms with Crippen LogP contribution in [0.25, 0.3) is 22.1 Å². The van der Waals surface area contributed by atoms with Gasteiger partial charge >= 0.3 is 0 Å². The molecule has 6 nitrogen and oxygen atoms in total. The van der Waals surface area contributed by atoms with Crippen LogP contribution < -0.4 is 0 Å². The molecule has 116 valence electrons. The van der Waals surface area contributed by atoms with Gasteiger partial charge in [0, 0.05) is 17.6 Å². The number of nitrogens with one attached hydrogen (secondary N) is 1. The van der Waals surface area contributed by atoms with Crippen LogP contribution in [0.4, 0.5) is 0 Å². The van der Waals surface area contributed by atoms with Gasteiger partial charge in [0.15, 0.2) is 0 Å². The van der Waals surface area contributed by atoms with Gasteiger partial charge in [-0.2, -0.15) is 0 Å². The summed E-state index contributed by atoms with van der Waals surface area (Å²) in [5.41, 5.74) is 2.62. The molecule has 0 amide bonds. The van der Waals surface area contributed by atoms with Gasteiger partial charge in [0.25, 0.3) is 0 Å². The molecule has 1 unspecified atom stereocenters. The van der Waals surface area contributed by atoms with Crippen molar-refractivity contribution in [2.75, 3.05) is 6.61 Å². The summed E-state index contributed by atoms with van der Waals surface area (Å²) in [6, 6.07) is 2.33. The first-order valence-corrected chi connectivity index (χ1v) is 7.92. The third kappa shape index (κ3) is 2.02. The standard InChI is InChI=1S/C16H20N4O2/c21-9-13(22)16-19-12-8-18-15-11(6-7-17-15)14(12)20(16)10-4-2-1-3-5-10/h6-8,10,13,21-22H,1-5,9H2,(H,17,18). The number of aliphatic hydroxyl groups is 2. The van der Waals surface area contributed by atoms with Crippen molar-refractivity contribution in [3.05, 3.63) is 24.3 Å². The van der Waals surface area contributed by atoms with Gasteiger partial charge in [-0.25, -0.2) is 9.97 Å². The molecule has 0 aliphatic heterocycles. The van der Waals surface area contributed by atoms with Gasteiger partial charge in [-0.15, -0.1) is 0 Å². The lowest BCUT2D eigenvalue weighted by molar-refractivity contribution is 0.0837. The molecular formula is C16H20N4O2. The smallest absolute Gasteiger partial charge is 0.141 e. The third-order valence-corrected chi connectivity index (χ3v) is 4.67. The molecule has 22 heavy (non-hydrogen) atoms. The minimum Gasteiger partial charge on any atom is -0.393 e. The number of H-pyrrole nitrogens is 1. The van der Waals surface area contributed by atoms with E-state index in [9.17, 15) is 10.2 Å². The molecule has 0 aromatic carbocycles. The highest BCUT2D eigenvalue weighted by atomic mass is 16.3. The molecule has 4 rings (SSSR count). The van der Waals surface area contributed by atoms with Crippen LogP contribution in [-0.4, -0.2) is 36.3 Å². The summed E-state index contributed by atoms with van der Waals surface area (Å²) in [5, 5.41) is 20.6. The largest absolute Gasteiger partial charge is 0.393 e. The Morgan fingerprint density at radius 1 is 1.32 bits per heavy atom. The van der Waals surface area contributed by atoms with Crippen molar-refractivity contribution in [2.45, 2.75) is 44.2 Å². The van der Waals surface area contributed by atoms with E-state index in [1.165, 1.54) is 19.3 Å². The second-order valence-electron chi connectivity index (χ2n) is 6.06. The highest BCUT2D eigenvalue weighted by Crippen LogP contribution is 2.36. The number of pyridine rings is 1. The van der Waals surface area contributed by atoms with Gasteiger partial charge in [0.05, 0.1) is 18.3 Å². The summed E-state index contributed by atoms with van der Waals surface area (Å²) in [6.45, 7) is -0.320. The Morgan fingerprint density at radius 3 is 2.91 bits per heavy atom. The monoisotopic (exact) mass is 300 g/mol. The first-order valence-electron chi connectivity index (χ1n) is 7.92. The molecule has 1 aliphatic rings. The van der Waals surface area contributed by atoms with Crippen molar-refractivity contribution in [1.29, 1.82) is 0 Å². The highest BCUT2D eigenvalue weighted by Gasteiger charge is 2.26. The van der Waals surface area contributed by atoms with Crippen molar-refractivity contribution in [1.82, 2.24) is 19.5 Å². The Bertz CT molecular complexity index is 801. The van der Waals surface area contributed by atoms with Crippen LogP contribution in [0.3, 0.4) is 0 Å². The van der Waals surface area contributed by atoms with Gasteiger partial charge in [-0.1, -0.05) is 19.3 Å². The molecule has 1 saturated carbocycles. The predicted octanol–water partition coefficient (Wildman–Crippen LogP) is 2.44. The molecule has 3 aromatic heterocycles. The average Bonchev–Trinajstić information content (AvgIpc) is 3.18. The fourth-order valence-corrected chi connectivity index (χ4v) is 3.64. The quantitative estimate of drug-likeness (QED) is 0.693. The predicted molar refractivity (Wildman–Crippen MR) is 83.6 cm³/mol. The Morgan fingerprint density at radius 2 is 2.14 bits per heavy atom. The van der Waals surface area contributed by atoms with E-state index in [1.807, 2.05) is 12.3 Å². The van der Waals surface area contributed by atoms with Crippen LogP contribution in [-0.2, 0) is 0 Å². The van der Waals surface area contributed by atoms with E-state index in [4.69, 9.17) is 0 Å². The number of aliphatic hydroxyl groups excluding tert-OH is 2. The van der Waals surface area contributed by atoms with Crippen molar-refractivity contribution < 1.29 is 10.2 Å². The Labute approximate surface area is 127 Å². The topological polar surface area (TPSA) is 87.0 Å². The molecule has 1 aliphatic carbocycles. The van der Waals surface area contributed by atoms with E-state index in [2.05, 4.69) is 19.5 Å². The van der Waals surface area contributed by atoms with E-state index in [0.717, 1.165) is 34.9 Å². The van der Waals surface area contributed by atoms with Crippen LogP contribution >= 0.6 is 0 Å². The summed E-state index contributed by atoms with van der Waals surface area (Å²) in [7, 11) is 0. The third-order valence-electron chi connectivity index (χ3n) is 4.67. The van der Waals surface area contributed by atoms with E-state index >= 15 is 0 Å². The number of fused-ring (bicyclic) bond motifs is 3. The molecule has 0 bridgehead atoms. The molecule has 3 aromatic rings. The summed E-state index contributed by atoms with van der Waals surface area (Å²) in [4.78, 5) is 12.1. The number of nitrogens with zero attached hydrogens (tertiary/aromatic N) is 3. The van der Waals surface area contributed by atoms with Crippen molar-refractivity contribution in [2.24, 2.45) is 0 Å². The maximum Gasteiger partial charge on any atom is 0.141 e. The zero-order chi connectivity index (χ0) is 15.1. The first-order chi connectivity index (χ1) is 10.8. The molecule has 3 heterocycles. The number of imidazole rings is 1. The maximum atomic E-state index is 10.2. The normalized spacial score (nSPS) is 18.3. The zero-order valence-electron chi connectivity index (χ0n) is 12.4. The molecule has 1 fully saturated rings. The van der Waals surface area contributed by atoms with Crippen LogP contribution in [0.1, 0.15) is 50.1 Å². The van der Waals surface area contributed by atoms with Gasteiger partial charge < -0.3 is 19.8 Å². The Kier molecular flexibility index (Phi) is 3.35. The van der Waals surface area contributed by atoms with Gasteiger partial charge in [0.2, 0.25) is 0 Å². The second-order valence-corrected chi connectivity index (χ2v) is 6.06. The molecule has 0 spiro atoms. The minimum atomic E-state index is -0.955. The van der Waals surface area contributed by atoms with Crippen LogP contribution in [0.5, 0.6) is 0 Å². The van der Waals surface area contributed by atoms with E-state index in [1.54, 1.807) is 6.20 Å². The van der Waals surface area contributed by atoms with Crippen LogP contribution in [0, 0.1) is 0 Å². The number of aromatic nitrogens is 4. The lowest BCUT2D eigenvalue weighted by Crippen LogP contribution is -2.19. The number of hydrogen-bond donors (Lipinski definition) is 3. The number of rotatable bonds is 3. The SMILES string of the molecule is OCC(O)c1nc2cnc3[nH]ccc3c2n1C1CCCCC1. The lowest BCUT2D eigenvalue weighted by Gasteiger charge is -2.26. The fourth-order valence-electron chi connectivity index (χ4n) is 3.64. The van der Waals surface area contributed by atoms with E-state index < -0.39 is 6.10 Å². The van der Waals surface area contributed by atoms with Gasteiger partial charge in [0.1, 0.15) is 23.1 Å². The average molecular weight is 300 g/mol. The summed E-state index contributed by atoms with van der Waals surface area (Å²) < 4.78 is 2.15. The molecule has 6 heteroatoms. The fraction of sp³-hybridized carbons (Fsp3) is 0.500. The van der Waals surface area contributed by atoms with Crippen LogP contribution in [0.15, 0.2) is 18.5 Å². The number of hydrogen-bond acceptors (Lipinski definition) is 4. The highest BCUT2D eigenvalue weighted by molar-refractivity contribution is 6.01. The maximum absolute atomic E-state index is 10.2. The molecule has 0 radical (unpaired) electrons. The molecule has 3 N–H and O–H groups in total. The van der Waals surface area contributed by atoms with Gasteiger partial charge in [-0.05, 0) is 18.9 Å². The zero-order valence-corrected chi connectivity index (χ0v) is 12.4. The summed E-state index contributed by atoms with van der Waals surface area (Å²) >= 11 is 0. The second kappa shape index (κ2) is 5.37. The van der Waals surface area contributed by atoms with E-state index in [-0.39, 0.29) is 6.61 Å². The van der Waals surface area contributed by atoms with Crippen molar-refractivity contribution >= 4 is 22.1 Å². The van der Waals surface area contributed by atoms with Crippen molar-refractivity contribution in [3.63, 3.8) is 0 Å². The number of aromatic amines is 1. The molecular weight excluding hydrogens is 280 g/mol. The Hall–Kier alpha value is -1.92. The summed E-state index contributed by atoms with van der Waals surface area (Å²) in [6.07, 6.45) is 8.49. The van der Waals surface area contributed by atoms with Crippen molar-refractivity contribution in [3.8, 4) is 0 Å². The lowest BCUT2D eigenvalue weighted by atomic mass is 9.95. The Balaban J connectivity index is 2.00. The minimum absolute atomic E-state index is 0.320.